The summed E-state index contributed by atoms with van der Waals surface area (Å²) in [7, 11) is 0. The Hall–Kier alpha value is -2.01. The molecular weight excluding hydrogens is 320 g/mol. The molecule has 1 atom stereocenters. The lowest BCUT2D eigenvalue weighted by atomic mass is 10.2. The van der Waals surface area contributed by atoms with Gasteiger partial charge in [-0.15, -0.1) is 11.8 Å². The van der Waals surface area contributed by atoms with Gasteiger partial charge in [-0.05, 0) is 36.8 Å². The maximum absolute atomic E-state index is 12.3. The van der Waals surface area contributed by atoms with Crippen LogP contribution < -0.4 is 9.64 Å². The molecule has 1 aliphatic rings. The van der Waals surface area contributed by atoms with E-state index in [0.29, 0.717) is 5.75 Å². The van der Waals surface area contributed by atoms with E-state index in [1.807, 2.05) is 47.5 Å². The Labute approximate surface area is 147 Å². The van der Waals surface area contributed by atoms with Gasteiger partial charge in [0.15, 0.2) is 0 Å². The average Bonchev–Trinajstić information content (AvgIpc) is 3.02. The predicted molar refractivity (Wildman–Crippen MR) is 98.4 cm³/mol. The minimum absolute atomic E-state index is 0.0116. The van der Waals surface area contributed by atoms with Crippen LogP contribution in [0.2, 0.25) is 0 Å². The highest BCUT2D eigenvalue weighted by Gasteiger charge is 2.34. The summed E-state index contributed by atoms with van der Waals surface area (Å²) in [5.41, 5.74) is 1.95. The molecule has 1 aliphatic heterocycles. The number of nitrogens with zero attached hydrogens (tertiary/aromatic N) is 2. The number of pyridine rings is 1. The molecule has 3 rings (SSSR count). The summed E-state index contributed by atoms with van der Waals surface area (Å²) < 4.78 is 5.75. The highest BCUT2D eigenvalue weighted by Crippen LogP contribution is 2.41. The molecule has 0 aliphatic carbocycles. The lowest BCUT2D eigenvalue weighted by molar-refractivity contribution is -0.115. The first kappa shape index (κ1) is 16.8. The quantitative estimate of drug-likeness (QED) is 0.698. The number of thioether (sulfide) groups is 1. The zero-order valence-electron chi connectivity index (χ0n) is 13.9. The van der Waals surface area contributed by atoms with Crippen molar-refractivity contribution in [1.82, 2.24) is 4.98 Å². The summed E-state index contributed by atoms with van der Waals surface area (Å²) in [6, 6.07) is 11.7. The van der Waals surface area contributed by atoms with E-state index in [9.17, 15) is 4.79 Å². The van der Waals surface area contributed by atoms with Crippen LogP contribution in [0.15, 0.2) is 48.8 Å². The number of carbonyl (C=O) groups excluding carboxylic acids is 1. The van der Waals surface area contributed by atoms with Gasteiger partial charge in [0.05, 0.1) is 12.4 Å². The van der Waals surface area contributed by atoms with Crippen molar-refractivity contribution in [2.45, 2.75) is 31.6 Å². The molecule has 4 nitrogen and oxygen atoms in total. The fourth-order valence-electron chi connectivity index (χ4n) is 2.72. The number of hydrogen-bond acceptors (Lipinski definition) is 4. The molecule has 1 unspecified atom stereocenters. The van der Waals surface area contributed by atoms with Gasteiger partial charge in [-0.3, -0.25) is 14.7 Å². The van der Waals surface area contributed by atoms with Gasteiger partial charge in [0.2, 0.25) is 5.91 Å². The Bertz CT molecular complexity index is 661. The van der Waals surface area contributed by atoms with E-state index in [4.69, 9.17) is 4.74 Å². The van der Waals surface area contributed by atoms with Crippen molar-refractivity contribution in [2.75, 3.05) is 17.3 Å². The molecule has 0 bridgehead atoms. The van der Waals surface area contributed by atoms with Crippen LogP contribution in [0, 0.1) is 0 Å². The second-order valence-electron chi connectivity index (χ2n) is 5.76. The molecule has 1 aromatic heterocycles. The van der Waals surface area contributed by atoms with Crippen molar-refractivity contribution >= 4 is 23.4 Å². The molecule has 1 aromatic carbocycles. The molecule has 0 saturated carbocycles. The molecule has 0 radical (unpaired) electrons. The summed E-state index contributed by atoms with van der Waals surface area (Å²) in [5, 5.41) is -0.0116. The topological polar surface area (TPSA) is 42.4 Å². The smallest absolute Gasteiger partial charge is 0.238 e. The molecule has 1 amide bonds. The molecule has 24 heavy (non-hydrogen) atoms. The van der Waals surface area contributed by atoms with E-state index in [2.05, 4.69) is 11.9 Å². The fraction of sp³-hybridized carbons (Fsp3) is 0.368. The van der Waals surface area contributed by atoms with Crippen molar-refractivity contribution in [1.29, 1.82) is 0 Å². The van der Waals surface area contributed by atoms with Gasteiger partial charge >= 0.3 is 0 Å². The van der Waals surface area contributed by atoms with Crippen LogP contribution in [-0.2, 0) is 4.79 Å². The summed E-state index contributed by atoms with van der Waals surface area (Å²) in [5.74, 6) is 1.48. The van der Waals surface area contributed by atoms with Gasteiger partial charge in [-0.1, -0.05) is 25.8 Å². The largest absolute Gasteiger partial charge is 0.494 e. The van der Waals surface area contributed by atoms with Gasteiger partial charge in [-0.25, -0.2) is 0 Å². The van der Waals surface area contributed by atoms with Crippen molar-refractivity contribution in [3.8, 4) is 5.75 Å². The lowest BCUT2D eigenvalue weighted by Gasteiger charge is -2.24. The van der Waals surface area contributed by atoms with Crippen molar-refractivity contribution in [2.24, 2.45) is 0 Å². The molecule has 126 valence electrons. The van der Waals surface area contributed by atoms with E-state index in [0.717, 1.165) is 30.0 Å². The average molecular weight is 342 g/mol. The number of benzene rings is 1. The number of carbonyl (C=O) groups is 1. The maximum Gasteiger partial charge on any atom is 0.238 e. The van der Waals surface area contributed by atoms with Crippen LogP contribution in [0.3, 0.4) is 0 Å². The van der Waals surface area contributed by atoms with Crippen LogP contribution in [-0.4, -0.2) is 23.3 Å². The molecule has 2 heterocycles. The third kappa shape index (κ3) is 3.90. The maximum atomic E-state index is 12.3. The van der Waals surface area contributed by atoms with Crippen LogP contribution in [0.1, 0.15) is 37.1 Å². The van der Waals surface area contributed by atoms with Crippen LogP contribution >= 0.6 is 11.8 Å². The number of ether oxygens (including phenoxy) is 1. The second-order valence-corrected chi connectivity index (χ2v) is 6.83. The number of hydrogen-bond donors (Lipinski definition) is 0. The standard InChI is InChI=1S/C19H22N2O2S/c1-2-3-4-12-23-17-9-7-16(8-10-17)21-18(22)14-24-19(21)15-6-5-11-20-13-15/h5-11,13,19H,2-4,12,14H2,1H3. The van der Waals surface area contributed by atoms with E-state index in [-0.39, 0.29) is 11.3 Å². The van der Waals surface area contributed by atoms with Gasteiger partial charge in [-0.2, -0.15) is 0 Å². The normalized spacial score (nSPS) is 17.3. The Morgan fingerprint density at radius 3 is 2.79 bits per heavy atom. The molecule has 1 saturated heterocycles. The first-order valence-corrected chi connectivity index (χ1v) is 9.41. The zero-order chi connectivity index (χ0) is 16.8. The lowest BCUT2D eigenvalue weighted by Crippen LogP contribution is -2.27. The fourth-order valence-corrected chi connectivity index (χ4v) is 3.88. The predicted octanol–water partition coefficient (Wildman–Crippen LogP) is 4.43. The first-order chi connectivity index (χ1) is 11.8. The molecule has 1 fully saturated rings. The van der Waals surface area contributed by atoms with E-state index in [1.165, 1.54) is 12.8 Å². The molecule has 0 spiro atoms. The van der Waals surface area contributed by atoms with Crippen LogP contribution in [0.25, 0.3) is 0 Å². The third-order valence-electron chi connectivity index (χ3n) is 3.97. The minimum Gasteiger partial charge on any atom is -0.494 e. The molecule has 0 N–H and O–H groups in total. The van der Waals surface area contributed by atoms with E-state index in [1.54, 1.807) is 18.0 Å². The van der Waals surface area contributed by atoms with Crippen LogP contribution in [0.4, 0.5) is 5.69 Å². The number of aromatic nitrogens is 1. The molecule has 2 aromatic rings. The van der Waals surface area contributed by atoms with Gasteiger partial charge < -0.3 is 4.74 Å². The monoisotopic (exact) mass is 342 g/mol. The van der Waals surface area contributed by atoms with Crippen molar-refractivity contribution in [3.05, 3.63) is 54.4 Å². The number of amides is 1. The Morgan fingerprint density at radius 1 is 1.25 bits per heavy atom. The Balaban J connectivity index is 1.71. The Morgan fingerprint density at radius 2 is 2.08 bits per heavy atom. The highest BCUT2D eigenvalue weighted by molar-refractivity contribution is 8.00. The van der Waals surface area contributed by atoms with Gasteiger partial charge in [0, 0.05) is 23.6 Å². The molecule has 5 heteroatoms. The number of unbranched alkanes of at least 4 members (excludes halogenated alkanes) is 2. The van der Waals surface area contributed by atoms with Crippen molar-refractivity contribution in [3.63, 3.8) is 0 Å². The van der Waals surface area contributed by atoms with Gasteiger partial charge in [0.1, 0.15) is 11.1 Å². The number of rotatable bonds is 7. The SMILES string of the molecule is CCCCCOc1ccc(N2C(=O)CSC2c2cccnc2)cc1. The Kier molecular flexibility index (Phi) is 5.75. The summed E-state index contributed by atoms with van der Waals surface area (Å²) in [4.78, 5) is 18.4. The second kappa shape index (κ2) is 8.20. The summed E-state index contributed by atoms with van der Waals surface area (Å²) in [6.45, 7) is 2.92. The summed E-state index contributed by atoms with van der Waals surface area (Å²) >= 11 is 1.64. The van der Waals surface area contributed by atoms with Gasteiger partial charge in [0.25, 0.3) is 0 Å². The van der Waals surface area contributed by atoms with Crippen LogP contribution in [0.5, 0.6) is 5.75 Å². The van der Waals surface area contributed by atoms with E-state index >= 15 is 0 Å². The minimum atomic E-state index is -0.0116. The highest BCUT2D eigenvalue weighted by atomic mass is 32.2. The first-order valence-electron chi connectivity index (χ1n) is 8.36. The zero-order valence-corrected chi connectivity index (χ0v) is 14.7. The van der Waals surface area contributed by atoms with E-state index < -0.39 is 0 Å². The molecular formula is C19H22N2O2S. The summed E-state index contributed by atoms with van der Waals surface area (Å²) in [6.07, 6.45) is 7.02. The third-order valence-corrected chi connectivity index (χ3v) is 5.18. The number of anilines is 1. The van der Waals surface area contributed by atoms with Crippen molar-refractivity contribution < 1.29 is 9.53 Å².